The van der Waals surface area contributed by atoms with Crippen molar-refractivity contribution < 1.29 is 29.0 Å². The van der Waals surface area contributed by atoms with E-state index in [4.69, 9.17) is 9.47 Å². The standard InChI is InChI=1S/C51H100N2O6S/c1-7-11-15-19-21-27-34-46(33-25-17-13-9-3)50(56)53(6)45-49(55)58-41-31-23-29-37-48(52(5)39-43-60-44-40-54)38-30-24-32-42-59-51(57)47(35-26-18-14-10-4)36-28-22-20-16-12-8-2/h46-48,54H,7-45H2,1-6H3. The molecule has 0 saturated heterocycles. The van der Waals surface area contributed by atoms with Crippen molar-refractivity contribution in [2.45, 2.75) is 239 Å². The second kappa shape index (κ2) is 44.3. The molecule has 1 amide bonds. The van der Waals surface area contributed by atoms with E-state index in [1.165, 1.54) is 103 Å². The normalized spacial score (nSPS) is 13.1. The number of likely N-dealkylation sites (N-methyl/N-ethyl adjacent to an activating group) is 1. The van der Waals surface area contributed by atoms with Gasteiger partial charge in [-0.15, -0.1) is 0 Å². The molecular weight excluding hydrogens is 769 g/mol. The van der Waals surface area contributed by atoms with E-state index >= 15 is 0 Å². The fourth-order valence-corrected chi connectivity index (χ4v) is 9.06. The number of nitrogens with zero attached hydrogens (tertiary/aromatic N) is 2. The third-order valence-electron chi connectivity index (χ3n) is 12.4. The molecule has 0 bridgehead atoms. The van der Waals surface area contributed by atoms with E-state index in [2.05, 4.69) is 39.6 Å². The molecule has 1 N–H and O–H groups in total. The summed E-state index contributed by atoms with van der Waals surface area (Å²) in [6, 6.07) is 0.473. The lowest BCUT2D eigenvalue weighted by molar-refractivity contribution is -0.150. The number of hydrogen-bond acceptors (Lipinski definition) is 8. The van der Waals surface area contributed by atoms with Crippen molar-refractivity contribution in [1.82, 2.24) is 9.80 Å². The van der Waals surface area contributed by atoms with Gasteiger partial charge in [-0.2, -0.15) is 11.8 Å². The number of aliphatic hydroxyl groups is 1. The van der Waals surface area contributed by atoms with Crippen LogP contribution in [0.4, 0.5) is 0 Å². The van der Waals surface area contributed by atoms with Gasteiger partial charge in [0, 0.05) is 37.1 Å². The molecule has 0 fully saturated rings. The number of unbranched alkanes of at least 4 members (excludes halogenated alkanes) is 20. The van der Waals surface area contributed by atoms with Gasteiger partial charge in [0.1, 0.15) is 6.54 Å². The van der Waals surface area contributed by atoms with Gasteiger partial charge in [0.2, 0.25) is 5.91 Å². The van der Waals surface area contributed by atoms with E-state index in [1.54, 1.807) is 23.7 Å². The van der Waals surface area contributed by atoms with Gasteiger partial charge in [0.15, 0.2) is 0 Å². The fraction of sp³-hybridized carbons (Fsp3) is 0.941. The molecule has 0 aliphatic carbocycles. The summed E-state index contributed by atoms with van der Waals surface area (Å²) in [4.78, 5) is 43.4. The maximum absolute atomic E-state index is 13.4. The zero-order valence-corrected chi connectivity index (χ0v) is 41.4. The number of aliphatic hydroxyl groups excluding tert-OH is 1. The number of carbonyl (C=O) groups excluding carboxylic acids is 3. The monoisotopic (exact) mass is 869 g/mol. The number of esters is 2. The first-order valence-corrected chi connectivity index (χ1v) is 26.9. The molecule has 60 heavy (non-hydrogen) atoms. The smallest absolute Gasteiger partial charge is 0.325 e. The van der Waals surface area contributed by atoms with Crippen LogP contribution < -0.4 is 0 Å². The lowest BCUT2D eigenvalue weighted by Gasteiger charge is -2.28. The van der Waals surface area contributed by atoms with Crippen molar-refractivity contribution in [2.24, 2.45) is 11.8 Å². The molecule has 0 aliphatic heterocycles. The lowest BCUT2D eigenvalue weighted by Crippen LogP contribution is -2.37. The molecule has 8 nitrogen and oxygen atoms in total. The van der Waals surface area contributed by atoms with Crippen LogP contribution in [0.2, 0.25) is 0 Å². The Balaban J connectivity index is 4.75. The van der Waals surface area contributed by atoms with Gasteiger partial charge in [-0.05, 0) is 58.4 Å². The number of rotatable bonds is 46. The quantitative estimate of drug-likeness (QED) is 0.0477. The second-order valence-corrected chi connectivity index (χ2v) is 19.2. The number of amides is 1. The third-order valence-corrected chi connectivity index (χ3v) is 13.3. The van der Waals surface area contributed by atoms with Crippen molar-refractivity contribution in [1.29, 1.82) is 0 Å². The van der Waals surface area contributed by atoms with E-state index in [0.717, 1.165) is 121 Å². The summed E-state index contributed by atoms with van der Waals surface area (Å²) in [7, 11) is 3.98. The predicted molar refractivity (Wildman–Crippen MR) is 258 cm³/mol. The highest BCUT2D eigenvalue weighted by Gasteiger charge is 2.24. The minimum Gasteiger partial charge on any atom is -0.465 e. The van der Waals surface area contributed by atoms with Crippen molar-refractivity contribution in [2.75, 3.05) is 58.5 Å². The van der Waals surface area contributed by atoms with Gasteiger partial charge < -0.3 is 24.4 Å². The van der Waals surface area contributed by atoms with E-state index in [0.29, 0.717) is 19.3 Å². The van der Waals surface area contributed by atoms with Crippen molar-refractivity contribution in [3.05, 3.63) is 0 Å². The van der Waals surface area contributed by atoms with Crippen LogP contribution in [0.1, 0.15) is 233 Å². The zero-order chi connectivity index (χ0) is 44.3. The molecule has 356 valence electrons. The SMILES string of the molecule is CCCCCCCCC(CCCCCC)C(=O)OCCCCCC(CCCCCOC(=O)CN(C)C(=O)C(CCCCCC)CCCCCCCC)N(C)CCSCCO. The third kappa shape index (κ3) is 35.2. The summed E-state index contributed by atoms with van der Waals surface area (Å²) in [5.74, 6) is 1.67. The van der Waals surface area contributed by atoms with E-state index < -0.39 is 0 Å². The number of ether oxygens (including phenoxy) is 2. The van der Waals surface area contributed by atoms with Crippen LogP contribution in [0, 0.1) is 11.8 Å². The first-order chi connectivity index (χ1) is 29.2. The summed E-state index contributed by atoms with van der Waals surface area (Å²) in [6.07, 6.45) is 36.2. The van der Waals surface area contributed by atoms with Crippen LogP contribution in [-0.4, -0.2) is 97.3 Å². The molecule has 0 aromatic carbocycles. The first kappa shape index (κ1) is 58.7. The highest BCUT2D eigenvalue weighted by molar-refractivity contribution is 7.99. The fourth-order valence-electron chi connectivity index (χ4n) is 8.31. The molecule has 0 aromatic heterocycles. The van der Waals surface area contributed by atoms with Crippen molar-refractivity contribution in [3.8, 4) is 0 Å². The van der Waals surface area contributed by atoms with Gasteiger partial charge in [-0.25, -0.2) is 0 Å². The molecule has 9 heteroatoms. The average molecular weight is 869 g/mol. The van der Waals surface area contributed by atoms with Crippen LogP contribution in [0.25, 0.3) is 0 Å². The van der Waals surface area contributed by atoms with Gasteiger partial charge in [-0.1, -0.05) is 182 Å². The van der Waals surface area contributed by atoms with E-state index in [-0.39, 0.29) is 42.8 Å². The summed E-state index contributed by atoms with van der Waals surface area (Å²) in [5.41, 5.74) is 0. The summed E-state index contributed by atoms with van der Waals surface area (Å²) in [6.45, 7) is 11.1. The summed E-state index contributed by atoms with van der Waals surface area (Å²) >= 11 is 1.80. The number of hydrogen-bond donors (Lipinski definition) is 1. The maximum Gasteiger partial charge on any atom is 0.325 e. The zero-order valence-electron chi connectivity index (χ0n) is 40.6. The summed E-state index contributed by atoms with van der Waals surface area (Å²) < 4.78 is 11.5. The highest BCUT2D eigenvalue weighted by Crippen LogP contribution is 2.23. The molecule has 0 rings (SSSR count). The summed E-state index contributed by atoms with van der Waals surface area (Å²) in [5, 5.41) is 9.22. The van der Waals surface area contributed by atoms with Crippen LogP contribution >= 0.6 is 11.8 Å². The van der Waals surface area contributed by atoms with Crippen LogP contribution in [-0.2, 0) is 23.9 Å². The molecule has 0 saturated carbocycles. The molecule has 0 aliphatic rings. The lowest BCUT2D eigenvalue weighted by atomic mass is 9.93. The van der Waals surface area contributed by atoms with Crippen LogP contribution in [0.3, 0.4) is 0 Å². The van der Waals surface area contributed by atoms with E-state index in [1.807, 2.05) is 0 Å². The number of thioether (sulfide) groups is 1. The Hall–Kier alpha value is -1.32. The molecule has 0 aromatic rings. The van der Waals surface area contributed by atoms with Gasteiger partial charge in [0.05, 0.1) is 25.7 Å². The Bertz CT molecular complexity index is 970. The molecule has 3 unspecified atom stereocenters. The Morgan fingerprint density at radius 2 is 0.900 bits per heavy atom. The largest absolute Gasteiger partial charge is 0.465 e. The molecular formula is C51H100N2O6S. The average Bonchev–Trinajstić information content (AvgIpc) is 3.24. The van der Waals surface area contributed by atoms with Gasteiger partial charge in [-0.3, -0.25) is 14.4 Å². The van der Waals surface area contributed by atoms with Crippen LogP contribution in [0.5, 0.6) is 0 Å². The topological polar surface area (TPSA) is 96.4 Å². The Kier molecular flexibility index (Phi) is 43.3. The Labute approximate surface area is 376 Å². The Morgan fingerprint density at radius 1 is 0.500 bits per heavy atom. The van der Waals surface area contributed by atoms with Crippen molar-refractivity contribution >= 4 is 29.6 Å². The molecule has 0 spiro atoms. The first-order valence-electron chi connectivity index (χ1n) is 25.7. The van der Waals surface area contributed by atoms with Crippen LogP contribution in [0.15, 0.2) is 0 Å². The maximum atomic E-state index is 13.4. The highest BCUT2D eigenvalue weighted by atomic mass is 32.2. The molecule has 0 radical (unpaired) electrons. The van der Waals surface area contributed by atoms with Gasteiger partial charge in [0.25, 0.3) is 0 Å². The minimum absolute atomic E-state index is 0.00455. The minimum atomic E-state index is -0.306. The van der Waals surface area contributed by atoms with Crippen molar-refractivity contribution in [3.63, 3.8) is 0 Å². The number of carbonyl (C=O) groups is 3. The predicted octanol–water partition coefficient (Wildman–Crippen LogP) is 13.4. The molecule has 3 atom stereocenters. The van der Waals surface area contributed by atoms with E-state index in [9.17, 15) is 19.5 Å². The second-order valence-electron chi connectivity index (χ2n) is 18.0. The Morgan fingerprint density at radius 3 is 1.38 bits per heavy atom. The van der Waals surface area contributed by atoms with Gasteiger partial charge >= 0.3 is 11.9 Å². The molecule has 0 heterocycles.